The average molecular weight is 368 g/mol. The third-order valence-corrected chi connectivity index (χ3v) is 4.31. The van der Waals surface area contributed by atoms with Crippen LogP contribution in [0.3, 0.4) is 0 Å². The number of anilines is 1. The van der Waals surface area contributed by atoms with Crippen LogP contribution in [0.25, 0.3) is 0 Å². The minimum atomic E-state index is -0.504. The second kappa shape index (κ2) is 7.95. The Morgan fingerprint density at radius 2 is 2.00 bits per heavy atom. The monoisotopic (exact) mass is 367 g/mol. The molecule has 0 aliphatic carbocycles. The molecule has 7 heteroatoms. The summed E-state index contributed by atoms with van der Waals surface area (Å²) in [7, 11) is 0. The van der Waals surface area contributed by atoms with Crippen molar-refractivity contribution in [3.8, 4) is 0 Å². The van der Waals surface area contributed by atoms with Gasteiger partial charge in [0.25, 0.3) is 0 Å². The van der Waals surface area contributed by atoms with Gasteiger partial charge in [-0.1, -0.05) is 11.6 Å². The second-order valence-corrected chi connectivity index (χ2v) is 7.71. The van der Waals surface area contributed by atoms with Gasteiger partial charge in [-0.05, 0) is 58.2 Å². The molecule has 25 heavy (non-hydrogen) atoms. The molecule has 0 spiro atoms. The molecule has 1 unspecified atom stereocenters. The van der Waals surface area contributed by atoms with Crippen LogP contribution in [0, 0.1) is 0 Å². The van der Waals surface area contributed by atoms with Gasteiger partial charge in [0, 0.05) is 24.7 Å². The van der Waals surface area contributed by atoms with Crippen LogP contribution in [0.5, 0.6) is 0 Å². The summed E-state index contributed by atoms with van der Waals surface area (Å²) < 4.78 is 5.44. The molecule has 1 saturated heterocycles. The standard InChI is InChI=1S/C18H26ClN3O3/c1-18(2,3)25-17(24)22-9-4-5-13(8-10-22)21-15-7-6-12(16(20)23)11-14(15)19/h6-7,11,13,21H,4-5,8-10H2,1-3H3,(H2,20,23). The van der Waals surface area contributed by atoms with E-state index in [1.165, 1.54) is 0 Å². The zero-order valence-corrected chi connectivity index (χ0v) is 15.7. The van der Waals surface area contributed by atoms with Gasteiger partial charge in [-0.3, -0.25) is 4.79 Å². The topological polar surface area (TPSA) is 84.7 Å². The van der Waals surface area contributed by atoms with E-state index in [0.717, 1.165) is 24.9 Å². The number of benzene rings is 1. The van der Waals surface area contributed by atoms with E-state index in [-0.39, 0.29) is 12.1 Å². The first-order valence-corrected chi connectivity index (χ1v) is 8.87. The molecule has 1 fully saturated rings. The Balaban J connectivity index is 1.95. The molecular weight excluding hydrogens is 342 g/mol. The molecule has 1 atom stereocenters. The first kappa shape index (κ1) is 19.4. The second-order valence-electron chi connectivity index (χ2n) is 7.30. The number of likely N-dealkylation sites (tertiary alicyclic amines) is 1. The molecule has 2 rings (SSSR count). The Morgan fingerprint density at radius 1 is 1.28 bits per heavy atom. The first-order chi connectivity index (χ1) is 11.7. The Kier molecular flexibility index (Phi) is 6.16. The van der Waals surface area contributed by atoms with Crippen molar-refractivity contribution in [1.29, 1.82) is 0 Å². The van der Waals surface area contributed by atoms with Gasteiger partial charge in [-0.25, -0.2) is 4.79 Å². The summed E-state index contributed by atoms with van der Waals surface area (Å²) in [6.07, 6.45) is 2.34. The van der Waals surface area contributed by atoms with Crippen LogP contribution in [-0.4, -0.2) is 41.6 Å². The van der Waals surface area contributed by atoms with Crippen molar-refractivity contribution >= 4 is 29.3 Å². The lowest BCUT2D eigenvalue weighted by Crippen LogP contribution is -2.37. The molecule has 1 heterocycles. The predicted octanol–water partition coefficient (Wildman–Crippen LogP) is 3.64. The highest BCUT2D eigenvalue weighted by Crippen LogP contribution is 2.26. The maximum absolute atomic E-state index is 12.2. The predicted molar refractivity (Wildman–Crippen MR) is 99.0 cm³/mol. The quantitative estimate of drug-likeness (QED) is 0.854. The van der Waals surface area contributed by atoms with E-state index in [4.69, 9.17) is 22.1 Å². The highest BCUT2D eigenvalue weighted by molar-refractivity contribution is 6.33. The molecular formula is C18H26ClN3O3. The van der Waals surface area contributed by atoms with Crippen LogP contribution < -0.4 is 11.1 Å². The van der Waals surface area contributed by atoms with Crippen molar-refractivity contribution in [2.75, 3.05) is 18.4 Å². The van der Waals surface area contributed by atoms with Crippen molar-refractivity contribution in [3.63, 3.8) is 0 Å². The smallest absolute Gasteiger partial charge is 0.410 e. The maximum atomic E-state index is 12.2. The maximum Gasteiger partial charge on any atom is 0.410 e. The van der Waals surface area contributed by atoms with Crippen LogP contribution in [0.1, 0.15) is 50.4 Å². The van der Waals surface area contributed by atoms with Gasteiger partial charge in [0.05, 0.1) is 10.7 Å². The largest absolute Gasteiger partial charge is 0.444 e. The van der Waals surface area contributed by atoms with Gasteiger partial charge >= 0.3 is 6.09 Å². The lowest BCUT2D eigenvalue weighted by molar-refractivity contribution is 0.0256. The first-order valence-electron chi connectivity index (χ1n) is 8.49. The fourth-order valence-corrected chi connectivity index (χ4v) is 2.99. The van der Waals surface area contributed by atoms with E-state index in [2.05, 4.69) is 5.32 Å². The van der Waals surface area contributed by atoms with Crippen LogP contribution in [0.2, 0.25) is 5.02 Å². The van der Waals surface area contributed by atoms with Crippen molar-refractivity contribution in [3.05, 3.63) is 28.8 Å². The van der Waals surface area contributed by atoms with E-state index in [1.807, 2.05) is 20.8 Å². The van der Waals surface area contributed by atoms with Crippen molar-refractivity contribution in [2.45, 2.75) is 51.7 Å². The van der Waals surface area contributed by atoms with E-state index in [1.54, 1.807) is 23.1 Å². The van der Waals surface area contributed by atoms with Crippen LogP contribution >= 0.6 is 11.6 Å². The number of ether oxygens (including phenoxy) is 1. The van der Waals surface area contributed by atoms with E-state index in [9.17, 15) is 9.59 Å². The van der Waals surface area contributed by atoms with E-state index in [0.29, 0.717) is 23.7 Å². The normalized spacial score (nSPS) is 18.4. The van der Waals surface area contributed by atoms with Crippen LogP contribution in [-0.2, 0) is 4.74 Å². The summed E-state index contributed by atoms with van der Waals surface area (Å²) in [6.45, 7) is 6.91. The zero-order chi connectivity index (χ0) is 18.6. The van der Waals surface area contributed by atoms with Crippen LogP contribution in [0.15, 0.2) is 18.2 Å². The third kappa shape index (κ3) is 5.81. The molecule has 1 aromatic carbocycles. The Morgan fingerprint density at radius 3 is 2.60 bits per heavy atom. The summed E-state index contributed by atoms with van der Waals surface area (Å²) >= 11 is 6.23. The highest BCUT2D eigenvalue weighted by atomic mass is 35.5. The minimum Gasteiger partial charge on any atom is -0.444 e. The molecule has 0 radical (unpaired) electrons. The Hall–Kier alpha value is -1.95. The molecule has 3 N–H and O–H groups in total. The molecule has 0 aromatic heterocycles. The molecule has 0 saturated carbocycles. The number of hydrogen-bond donors (Lipinski definition) is 2. The number of amides is 2. The molecule has 6 nitrogen and oxygen atoms in total. The Bertz CT molecular complexity index is 643. The number of carbonyl (C=O) groups excluding carboxylic acids is 2. The van der Waals surface area contributed by atoms with Gasteiger partial charge < -0.3 is 20.7 Å². The van der Waals surface area contributed by atoms with E-state index < -0.39 is 11.5 Å². The summed E-state index contributed by atoms with van der Waals surface area (Å²) in [6, 6.07) is 5.18. The molecule has 1 aromatic rings. The fourth-order valence-electron chi connectivity index (χ4n) is 2.76. The SMILES string of the molecule is CC(C)(C)OC(=O)N1CCCC(Nc2ccc(C(N)=O)cc2Cl)CC1. The average Bonchev–Trinajstić information content (AvgIpc) is 2.73. The number of hydrogen-bond acceptors (Lipinski definition) is 4. The molecule has 2 amide bonds. The minimum absolute atomic E-state index is 0.198. The summed E-state index contributed by atoms with van der Waals surface area (Å²) in [5.74, 6) is -0.504. The number of nitrogens with two attached hydrogens (primary N) is 1. The molecule has 1 aliphatic heterocycles. The van der Waals surface area contributed by atoms with E-state index >= 15 is 0 Å². The van der Waals surface area contributed by atoms with Crippen LogP contribution in [0.4, 0.5) is 10.5 Å². The molecule has 1 aliphatic rings. The number of nitrogens with one attached hydrogen (secondary N) is 1. The number of carbonyl (C=O) groups is 2. The van der Waals surface area contributed by atoms with Gasteiger partial charge in [0.2, 0.25) is 5.91 Å². The number of nitrogens with zero attached hydrogens (tertiary/aromatic N) is 1. The van der Waals surface area contributed by atoms with Crippen molar-refractivity contribution < 1.29 is 14.3 Å². The summed E-state index contributed by atoms with van der Waals surface area (Å²) in [5.41, 5.74) is 5.92. The van der Waals surface area contributed by atoms with Crippen molar-refractivity contribution in [2.24, 2.45) is 5.73 Å². The summed E-state index contributed by atoms with van der Waals surface area (Å²) in [5, 5.41) is 3.86. The Labute approximate surface area is 153 Å². The van der Waals surface area contributed by atoms with Gasteiger partial charge in [0.1, 0.15) is 5.60 Å². The molecule has 0 bridgehead atoms. The lowest BCUT2D eigenvalue weighted by Gasteiger charge is -2.26. The third-order valence-electron chi connectivity index (χ3n) is 3.99. The zero-order valence-electron chi connectivity index (χ0n) is 15.0. The fraction of sp³-hybridized carbons (Fsp3) is 0.556. The lowest BCUT2D eigenvalue weighted by atomic mass is 10.1. The molecule has 138 valence electrons. The van der Waals surface area contributed by atoms with Gasteiger partial charge in [-0.15, -0.1) is 0 Å². The number of rotatable bonds is 3. The van der Waals surface area contributed by atoms with Gasteiger partial charge in [0.15, 0.2) is 0 Å². The van der Waals surface area contributed by atoms with Gasteiger partial charge in [-0.2, -0.15) is 0 Å². The number of halogens is 1. The van der Waals surface area contributed by atoms with Crippen molar-refractivity contribution in [1.82, 2.24) is 4.90 Å². The highest BCUT2D eigenvalue weighted by Gasteiger charge is 2.25. The number of primary amides is 1. The summed E-state index contributed by atoms with van der Waals surface area (Å²) in [4.78, 5) is 25.2.